The van der Waals surface area contributed by atoms with Crippen LogP contribution in [-0.4, -0.2) is 45.2 Å². The van der Waals surface area contributed by atoms with E-state index in [0.29, 0.717) is 17.8 Å². The predicted octanol–water partition coefficient (Wildman–Crippen LogP) is 4.54. The van der Waals surface area contributed by atoms with Crippen LogP contribution in [0.3, 0.4) is 0 Å². The molecule has 3 rings (SSSR count). The molecule has 1 aromatic heterocycles. The van der Waals surface area contributed by atoms with Gasteiger partial charge in [0.15, 0.2) is 0 Å². The number of nitrogens with zero attached hydrogens (tertiary/aromatic N) is 3. The maximum atomic E-state index is 13.2. The summed E-state index contributed by atoms with van der Waals surface area (Å²) in [7, 11) is 0. The van der Waals surface area contributed by atoms with Gasteiger partial charge in [0.2, 0.25) is 0 Å². The molecule has 5 heteroatoms. The van der Waals surface area contributed by atoms with E-state index in [1.54, 1.807) is 23.2 Å². The topological polar surface area (TPSA) is 53.5 Å². The van der Waals surface area contributed by atoms with Crippen molar-refractivity contribution in [1.29, 1.82) is 0 Å². The number of carbonyl (C=O) groups excluding carboxylic acids is 2. The van der Waals surface area contributed by atoms with Crippen molar-refractivity contribution in [3.63, 3.8) is 0 Å². The summed E-state index contributed by atoms with van der Waals surface area (Å²) in [6, 6.07) is 13.6. The second kappa shape index (κ2) is 9.68. The Bertz CT molecular complexity index is 835. The standard InChI is InChI=1S/C24H31N3O2/c1-4-21-12-8-9-15-26(21)23(28)20-13-14-25-22(16-20)24(29)27(18(2)3)17-19-10-6-5-7-11-19/h5-7,10-11,13-14,16,18,21H,4,8-9,12,15,17H2,1-3H3. The Hall–Kier alpha value is -2.69. The van der Waals surface area contributed by atoms with Gasteiger partial charge in [0.25, 0.3) is 11.8 Å². The van der Waals surface area contributed by atoms with E-state index >= 15 is 0 Å². The molecule has 0 spiro atoms. The summed E-state index contributed by atoms with van der Waals surface area (Å²) in [6.07, 6.45) is 5.80. The lowest BCUT2D eigenvalue weighted by atomic mass is 9.99. The predicted molar refractivity (Wildman–Crippen MR) is 115 cm³/mol. The molecule has 2 aromatic rings. The van der Waals surface area contributed by atoms with E-state index in [1.807, 2.05) is 49.1 Å². The quantitative estimate of drug-likeness (QED) is 0.724. The van der Waals surface area contributed by atoms with Gasteiger partial charge < -0.3 is 9.80 Å². The highest BCUT2D eigenvalue weighted by atomic mass is 16.2. The van der Waals surface area contributed by atoms with Gasteiger partial charge in [0.05, 0.1) is 0 Å². The number of aromatic nitrogens is 1. The second-order valence-corrected chi connectivity index (χ2v) is 8.00. The Morgan fingerprint density at radius 1 is 1.17 bits per heavy atom. The first kappa shape index (κ1) is 21.0. The highest BCUT2D eigenvalue weighted by Crippen LogP contribution is 2.22. The number of rotatable bonds is 6. The van der Waals surface area contributed by atoms with Crippen molar-refractivity contribution in [3.8, 4) is 0 Å². The van der Waals surface area contributed by atoms with Crippen molar-refractivity contribution in [2.45, 2.75) is 65.1 Å². The van der Waals surface area contributed by atoms with Gasteiger partial charge >= 0.3 is 0 Å². The Morgan fingerprint density at radius 2 is 1.93 bits per heavy atom. The molecular weight excluding hydrogens is 362 g/mol. The maximum Gasteiger partial charge on any atom is 0.272 e. The second-order valence-electron chi connectivity index (χ2n) is 8.00. The van der Waals surface area contributed by atoms with Crippen LogP contribution in [-0.2, 0) is 6.54 Å². The number of hydrogen-bond acceptors (Lipinski definition) is 3. The van der Waals surface area contributed by atoms with Crippen LogP contribution in [0.25, 0.3) is 0 Å². The van der Waals surface area contributed by atoms with Crippen LogP contribution in [0.4, 0.5) is 0 Å². The van der Waals surface area contributed by atoms with Crippen LogP contribution in [0.2, 0.25) is 0 Å². The number of pyridine rings is 1. The molecule has 0 N–H and O–H groups in total. The minimum absolute atomic E-state index is 0.00663. The molecule has 1 saturated heterocycles. The lowest BCUT2D eigenvalue weighted by Crippen LogP contribution is -2.43. The number of piperidine rings is 1. The highest BCUT2D eigenvalue weighted by molar-refractivity contribution is 5.98. The van der Waals surface area contributed by atoms with E-state index in [4.69, 9.17) is 0 Å². The average molecular weight is 394 g/mol. The zero-order valence-corrected chi connectivity index (χ0v) is 17.7. The molecule has 1 aromatic carbocycles. The zero-order valence-electron chi connectivity index (χ0n) is 17.7. The summed E-state index contributed by atoms with van der Waals surface area (Å²) in [4.78, 5) is 34.4. The summed E-state index contributed by atoms with van der Waals surface area (Å²) in [6.45, 7) is 7.42. The first-order valence-electron chi connectivity index (χ1n) is 10.6. The molecule has 2 amide bonds. The van der Waals surface area contributed by atoms with Gasteiger partial charge in [-0.25, -0.2) is 0 Å². The fraction of sp³-hybridized carbons (Fsp3) is 0.458. The summed E-state index contributed by atoms with van der Waals surface area (Å²) >= 11 is 0. The molecule has 1 aliphatic heterocycles. The van der Waals surface area contributed by atoms with Crippen LogP contribution >= 0.6 is 0 Å². The first-order valence-corrected chi connectivity index (χ1v) is 10.6. The van der Waals surface area contributed by atoms with Crippen molar-refractivity contribution in [1.82, 2.24) is 14.8 Å². The highest BCUT2D eigenvalue weighted by Gasteiger charge is 2.27. The van der Waals surface area contributed by atoms with Crippen molar-refractivity contribution in [2.24, 2.45) is 0 Å². The lowest BCUT2D eigenvalue weighted by molar-refractivity contribution is 0.0608. The van der Waals surface area contributed by atoms with Crippen LogP contribution < -0.4 is 0 Å². The SMILES string of the molecule is CCC1CCCCN1C(=O)c1ccnc(C(=O)N(Cc2ccccc2)C(C)C)c1. The number of hydrogen-bond donors (Lipinski definition) is 0. The molecule has 1 atom stereocenters. The van der Waals surface area contributed by atoms with Crippen LogP contribution in [0, 0.1) is 0 Å². The molecular formula is C24H31N3O2. The number of carbonyl (C=O) groups is 2. The smallest absolute Gasteiger partial charge is 0.272 e. The largest absolute Gasteiger partial charge is 0.336 e. The van der Waals surface area contributed by atoms with Gasteiger partial charge in [-0.2, -0.15) is 0 Å². The van der Waals surface area contributed by atoms with E-state index in [-0.39, 0.29) is 23.9 Å². The molecule has 0 radical (unpaired) electrons. The molecule has 0 saturated carbocycles. The molecule has 1 unspecified atom stereocenters. The molecule has 0 bridgehead atoms. The molecule has 154 valence electrons. The Labute approximate surface area is 173 Å². The first-order chi connectivity index (χ1) is 14.0. The van der Waals surface area contributed by atoms with Crippen molar-refractivity contribution < 1.29 is 9.59 Å². The van der Waals surface area contributed by atoms with Crippen LogP contribution in [0.1, 0.15) is 72.9 Å². The van der Waals surface area contributed by atoms with Gasteiger partial charge in [-0.3, -0.25) is 14.6 Å². The number of benzene rings is 1. The third-order valence-electron chi connectivity index (χ3n) is 5.67. The fourth-order valence-corrected chi connectivity index (χ4v) is 3.95. The van der Waals surface area contributed by atoms with Gasteiger partial charge in [-0.05, 0) is 57.2 Å². The summed E-state index contributed by atoms with van der Waals surface area (Å²) in [5.41, 5.74) is 1.94. The Balaban J connectivity index is 1.81. The normalized spacial score (nSPS) is 16.7. The zero-order chi connectivity index (χ0) is 20.8. The maximum absolute atomic E-state index is 13.2. The third kappa shape index (κ3) is 5.03. The molecule has 2 heterocycles. The van der Waals surface area contributed by atoms with E-state index in [1.165, 1.54) is 6.42 Å². The minimum atomic E-state index is -0.149. The molecule has 29 heavy (non-hydrogen) atoms. The summed E-state index contributed by atoms with van der Waals surface area (Å²) in [5, 5.41) is 0. The number of amides is 2. The van der Waals surface area contributed by atoms with Crippen molar-refractivity contribution in [2.75, 3.05) is 6.54 Å². The van der Waals surface area contributed by atoms with Gasteiger partial charge in [0, 0.05) is 36.9 Å². The van der Waals surface area contributed by atoms with Crippen LogP contribution in [0.15, 0.2) is 48.7 Å². The molecule has 1 aliphatic rings. The van der Waals surface area contributed by atoms with Crippen LogP contribution in [0.5, 0.6) is 0 Å². The van der Waals surface area contributed by atoms with Gasteiger partial charge in [-0.15, -0.1) is 0 Å². The minimum Gasteiger partial charge on any atom is -0.336 e. The monoisotopic (exact) mass is 393 g/mol. The number of likely N-dealkylation sites (tertiary alicyclic amines) is 1. The lowest BCUT2D eigenvalue weighted by Gasteiger charge is -2.35. The van der Waals surface area contributed by atoms with Gasteiger partial charge in [-0.1, -0.05) is 37.3 Å². The summed E-state index contributed by atoms with van der Waals surface area (Å²) in [5.74, 6) is -0.142. The molecule has 0 aliphatic carbocycles. The molecule has 5 nitrogen and oxygen atoms in total. The fourth-order valence-electron chi connectivity index (χ4n) is 3.95. The third-order valence-corrected chi connectivity index (χ3v) is 5.67. The Kier molecular flexibility index (Phi) is 7.02. The average Bonchev–Trinajstić information content (AvgIpc) is 2.77. The molecule has 1 fully saturated rings. The van der Waals surface area contributed by atoms with E-state index in [2.05, 4.69) is 11.9 Å². The summed E-state index contributed by atoms with van der Waals surface area (Å²) < 4.78 is 0. The Morgan fingerprint density at radius 3 is 2.62 bits per heavy atom. The van der Waals surface area contributed by atoms with Crippen molar-refractivity contribution >= 4 is 11.8 Å². The van der Waals surface area contributed by atoms with E-state index < -0.39 is 0 Å². The van der Waals surface area contributed by atoms with Crippen molar-refractivity contribution in [3.05, 3.63) is 65.5 Å². The van der Waals surface area contributed by atoms with Gasteiger partial charge in [0.1, 0.15) is 5.69 Å². The van der Waals surface area contributed by atoms with E-state index in [0.717, 1.165) is 31.4 Å². The van der Waals surface area contributed by atoms with E-state index in [9.17, 15) is 9.59 Å².